The summed E-state index contributed by atoms with van der Waals surface area (Å²) in [4.78, 5) is 22.4. The van der Waals surface area contributed by atoms with Crippen LogP contribution in [0, 0.1) is 13.8 Å². The summed E-state index contributed by atoms with van der Waals surface area (Å²) in [6, 6.07) is 7.83. The monoisotopic (exact) mass is 529 g/mol. The highest BCUT2D eigenvalue weighted by Crippen LogP contribution is 2.16. The number of carbonyl (C=O) groups is 1. The van der Waals surface area contributed by atoms with Gasteiger partial charge in [0.15, 0.2) is 5.96 Å². The fraction of sp³-hybridized carbons (Fsp3) is 0.476. The summed E-state index contributed by atoms with van der Waals surface area (Å²) < 4.78 is 0. The predicted octanol–water partition coefficient (Wildman–Crippen LogP) is 3.81. The van der Waals surface area contributed by atoms with Gasteiger partial charge in [-0.3, -0.25) is 9.79 Å². The highest BCUT2D eigenvalue weighted by atomic mass is 127. The first-order chi connectivity index (χ1) is 13.4. The highest BCUT2D eigenvalue weighted by molar-refractivity contribution is 14.0. The quantitative estimate of drug-likeness (QED) is 0.276. The van der Waals surface area contributed by atoms with E-state index in [4.69, 9.17) is 0 Å². The first-order valence-corrected chi connectivity index (χ1v) is 10.5. The summed E-state index contributed by atoms with van der Waals surface area (Å²) in [5.41, 5.74) is 2.82. The number of carbonyl (C=O) groups excluding carboxylic acids is 1. The van der Waals surface area contributed by atoms with Gasteiger partial charge in [-0.05, 0) is 44.9 Å². The maximum Gasteiger partial charge on any atom is 0.251 e. The van der Waals surface area contributed by atoms with Crippen molar-refractivity contribution >= 4 is 47.2 Å². The van der Waals surface area contributed by atoms with E-state index in [0.29, 0.717) is 12.1 Å². The average molecular weight is 529 g/mol. The van der Waals surface area contributed by atoms with Gasteiger partial charge in [0.2, 0.25) is 0 Å². The Bertz CT molecular complexity index is 802. The summed E-state index contributed by atoms with van der Waals surface area (Å²) in [5, 5.41) is 10.7. The van der Waals surface area contributed by atoms with Gasteiger partial charge < -0.3 is 16.0 Å². The number of thiazole rings is 1. The molecule has 6 nitrogen and oxygen atoms in total. The van der Waals surface area contributed by atoms with Crippen molar-refractivity contribution in [1.82, 2.24) is 20.9 Å². The van der Waals surface area contributed by atoms with E-state index in [0.717, 1.165) is 41.6 Å². The zero-order chi connectivity index (χ0) is 20.5. The van der Waals surface area contributed by atoms with Gasteiger partial charge >= 0.3 is 0 Å². The van der Waals surface area contributed by atoms with Crippen LogP contribution in [0.2, 0.25) is 0 Å². The number of nitrogens with one attached hydrogen (secondary N) is 3. The minimum Gasteiger partial charge on any atom is -0.356 e. The molecule has 0 saturated carbocycles. The third kappa shape index (κ3) is 8.30. The second-order valence-corrected chi connectivity index (χ2v) is 8.12. The van der Waals surface area contributed by atoms with Crippen molar-refractivity contribution in [3.63, 3.8) is 0 Å². The Hall–Kier alpha value is -1.68. The third-order valence-corrected chi connectivity index (χ3v) is 5.70. The molecule has 0 aliphatic heterocycles. The largest absolute Gasteiger partial charge is 0.356 e. The minimum atomic E-state index is -0.0345. The molecule has 1 amide bonds. The lowest BCUT2D eigenvalue weighted by atomic mass is 10.1. The maximum absolute atomic E-state index is 12.3. The number of halogens is 1. The van der Waals surface area contributed by atoms with Crippen molar-refractivity contribution in [3.8, 4) is 0 Å². The van der Waals surface area contributed by atoms with E-state index in [2.05, 4.69) is 39.8 Å². The number of aromatic nitrogens is 1. The molecular formula is C21H32IN5OS. The molecule has 2 rings (SSSR count). The number of aliphatic imine (C=N–C) groups is 1. The lowest BCUT2D eigenvalue weighted by Crippen LogP contribution is -2.38. The van der Waals surface area contributed by atoms with Gasteiger partial charge in [-0.1, -0.05) is 19.1 Å². The predicted molar refractivity (Wildman–Crippen MR) is 133 cm³/mol. The van der Waals surface area contributed by atoms with Crippen molar-refractivity contribution in [1.29, 1.82) is 0 Å². The van der Waals surface area contributed by atoms with Crippen LogP contribution in [0.1, 0.15) is 51.8 Å². The van der Waals surface area contributed by atoms with E-state index in [-0.39, 0.29) is 35.9 Å². The van der Waals surface area contributed by atoms with Crippen molar-refractivity contribution in [2.45, 2.75) is 53.1 Å². The Morgan fingerprint density at radius 3 is 2.66 bits per heavy atom. The molecule has 0 spiro atoms. The number of amides is 1. The maximum atomic E-state index is 12.3. The van der Waals surface area contributed by atoms with Crippen molar-refractivity contribution < 1.29 is 4.79 Å². The zero-order valence-corrected chi connectivity index (χ0v) is 21.0. The molecule has 0 saturated heterocycles. The number of benzene rings is 1. The molecule has 1 atom stereocenters. The van der Waals surface area contributed by atoms with Gasteiger partial charge in [0.1, 0.15) is 0 Å². The molecule has 0 radical (unpaired) electrons. The molecule has 1 heterocycles. The Balaban J connectivity index is 0.00000420. The highest BCUT2D eigenvalue weighted by Gasteiger charge is 2.09. The van der Waals surface area contributed by atoms with E-state index in [1.807, 2.05) is 38.1 Å². The molecule has 1 aromatic heterocycles. The number of guanidine groups is 1. The van der Waals surface area contributed by atoms with Gasteiger partial charge in [0, 0.05) is 43.0 Å². The lowest BCUT2D eigenvalue weighted by Gasteiger charge is -2.13. The second-order valence-electron chi connectivity index (χ2n) is 6.83. The molecule has 0 bridgehead atoms. The first-order valence-electron chi connectivity index (χ1n) is 9.70. The van der Waals surface area contributed by atoms with Gasteiger partial charge in [-0.2, -0.15) is 0 Å². The standard InChI is InChI=1S/C21H31N5OS.HI/c1-6-14(2)25-20(27)18-9-7-8-17(12-18)13-24-21(22-5)23-11-10-19-26-15(3)16(4)28-19;/h7-9,12,14H,6,10-11,13H2,1-5H3,(H,25,27)(H2,22,23,24);1H. The second kappa shape index (κ2) is 12.8. The Morgan fingerprint density at radius 1 is 1.28 bits per heavy atom. The van der Waals surface area contributed by atoms with Crippen molar-refractivity contribution in [3.05, 3.63) is 51.0 Å². The fourth-order valence-corrected chi connectivity index (χ4v) is 3.51. The summed E-state index contributed by atoms with van der Waals surface area (Å²) >= 11 is 1.74. The van der Waals surface area contributed by atoms with Crippen LogP contribution in [0.3, 0.4) is 0 Å². The Labute approximate surface area is 195 Å². The topological polar surface area (TPSA) is 78.4 Å². The first kappa shape index (κ1) is 25.4. The van der Waals surface area contributed by atoms with Gasteiger partial charge in [0.05, 0.1) is 10.7 Å². The van der Waals surface area contributed by atoms with E-state index < -0.39 is 0 Å². The third-order valence-electron chi connectivity index (χ3n) is 4.57. The lowest BCUT2D eigenvalue weighted by molar-refractivity contribution is 0.0939. The molecule has 1 unspecified atom stereocenters. The molecule has 29 heavy (non-hydrogen) atoms. The van der Waals surface area contributed by atoms with Crippen LogP contribution >= 0.6 is 35.3 Å². The van der Waals surface area contributed by atoms with E-state index in [9.17, 15) is 4.79 Å². The van der Waals surface area contributed by atoms with Crippen LogP contribution < -0.4 is 16.0 Å². The summed E-state index contributed by atoms with van der Waals surface area (Å²) in [6.45, 7) is 9.57. The SMILES string of the molecule is CCC(C)NC(=O)c1cccc(CNC(=NC)NCCc2nc(C)c(C)s2)c1.I. The van der Waals surface area contributed by atoms with Crippen LogP contribution in [0.5, 0.6) is 0 Å². The molecule has 8 heteroatoms. The molecule has 2 aromatic rings. The Kier molecular flexibility index (Phi) is 11.2. The number of hydrogen-bond donors (Lipinski definition) is 3. The van der Waals surface area contributed by atoms with Gasteiger partial charge in [0.25, 0.3) is 5.91 Å². The normalized spacial score (nSPS) is 12.1. The van der Waals surface area contributed by atoms with E-state index in [1.54, 1.807) is 18.4 Å². The average Bonchev–Trinajstić information content (AvgIpc) is 3.01. The fourth-order valence-electron chi connectivity index (χ4n) is 2.57. The van der Waals surface area contributed by atoms with Crippen molar-refractivity contribution in [2.75, 3.05) is 13.6 Å². The van der Waals surface area contributed by atoms with Crippen LogP contribution in [0.15, 0.2) is 29.3 Å². The minimum absolute atomic E-state index is 0. The number of rotatable bonds is 8. The smallest absolute Gasteiger partial charge is 0.251 e. The molecule has 0 aliphatic rings. The molecular weight excluding hydrogens is 497 g/mol. The number of hydrogen-bond acceptors (Lipinski definition) is 4. The number of aryl methyl sites for hydroxylation is 2. The van der Waals surface area contributed by atoms with Gasteiger partial charge in [-0.15, -0.1) is 35.3 Å². The number of nitrogens with zero attached hydrogens (tertiary/aromatic N) is 2. The summed E-state index contributed by atoms with van der Waals surface area (Å²) in [7, 11) is 1.75. The summed E-state index contributed by atoms with van der Waals surface area (Å²) in [6.07, 6.45) is 1.78. The molecule has 0 aliphatic carbocycles. The van der Waals surface area contributed by atoms with E-state index >= 15 is 0 Å². The Morgan fingerprint density at radius 2 is 2.03 bits per heavy atom. The zero-order valence-electron chi connectivity index (χ0n) is 17.8. The molecule has 0 fully saturated rings. The van der Waals surface area contributed by atoms with Crippen LogP contribution in [-0.2, 0) is 13.0 Å². The molecule has 3 N–H and O–H groups in total. The van der Waals surface area contributed by atoms with Gasteiger partial charge in [-0.25, -0.2) is 4.98 Å². The van der Waals surface area contributed by atoms with Crippen molar-refractivity contribution in [2.24, 2.45) is 4.99 Å². The molecule has 160 valence electrons. The molecule has 1 aromatic carbocycles. The van der Waals surface area contributed by atoms with Crippen LogP contribution in [0.4, 0.5) is 0 Å². The summed E-state index contributed by atoms with van der Waals surface area (Å²) in [5.74, 6) is 0.701. The van der Waals surface area contributed by atoms with Crippen LogP contribution in [0.25, 0.3) is 0 Å². The van der Waals surface area contributed by atoms with E-state index in [1.165, 1.54) is 4.88 Å². The van der Waals surface area contributed by atoms with Crippen LogP contribution in [-0.4, -0.2) is 36.5 Å².